The zero-order chi connectivity index (χ0) is 26.9. The number of aryl methyl sites for hydroxylation is 2. The second-order valence-corrected chi connectivity index (χ2v) is 12.2. The predicted molar refractivity (Wildman–Crippen MR) is 147 cm³/mol. The molecule has 0 fully saturated rings. The zero-order valence-electron chi connectivity index (χ0n) is 21.0. The first-order valence-electron chi connectivity index (χ1n) is 12.2. The molecule has 4 aromatic rings. The lowest BCUT2D eigenvalue weighted by molar-refractivity contribution is -0.148. The highest BCUT2D eigenvalue weighted by Crippen LogP contribution is 2.36. The fourth-order valence-electron chi connectivity index (χ4n) is 4.58. The molecule has 1 aliphatic rings. The number of carbonyl (C=O) groups excluding carboxylic acids is 2. The first-order chi connectivity index (χ1) is 18.2. The molecule has 1 aliphatic heterocycles. The average molecular weight is 550 g/mol. The van der Waals surface area contributed by atoms with Crippen LogP contribution in [0.4, 0.5) is 5.13 Å². The number of carbonyl (C=O) groups is 2. The van der Waals surface area contributed by atoms with Crippen LogP contribution in [0.1, 0.15) is 34.7 Å². The minimum Gasteiger partial charge on any atom is -0.456 e. The van der Waals surface area contributed by atoms with Gasteiger partial charge < -0.3 is 4.74 Å². The third-order valence-electron chi connectivity index (χ3n) is 6.51. The number of amides is 1. The van der Waals surface area contributed by atoms with Crippen LogP contribution in [0.2, 0.25) is 0 Å². The van der Waals surface area contributed by atoms with Crippen molar-refractivity contribution in [3.63, 3.8) is 0 Å². The minimum atomic E-state index is -3.86. The van der Waals surface area contributed by atoms with Crippen LogP contribution < -0.4 is 5.32 Å². The van der Waals surface area contributed by atoms with Crippen molar-refractivity contribution in [1.82, 2.24) is 9.29 Å². The number of benzene rings is 3. The van der Waals surface area contributed by atoms with Crippen LogP contribution in [0, 0.1) is 13.8 Å². The van der Waals surface area contributed by atoms with Gasteiger partial charge in [-0.05, 0) is 61.2 Å². The molecule has 0 radical (unpaired) electrons. The van der Waals surface area contributed by atoms with Crippen molar-refractivity contribution in [2.75, 3.05) is 18.5 Å². The Morgan fingerprint density at radius 1 is 1.05 bits per heavy atom. The first-order valence-corrected chi connectivity index (χ1v) is 14.5. The quantitative estimate of drug-likeness (QED) is 0.333. The van der Waals surface area contributed by atoms with E-state index < -0.39 is 34.5 Å². The van der Waals surface area contributed by atoms with Crippen molar-refractivity contribution in [1.29, 1.82) is 0 Å². The Balaban J connectivity index is 1.29. The average Bonchev–Trinajstić information content (AvgIpc) is 3.29. The molecule has 0 spiro atoms. The van der Waals surface area contributed by atoms with Gasteiger partial charge in [0.05, 0.1) is 27.6 Å². The summed E-state index contributed by atoms with van der Waals surface area (Å²) in [5, 5.41) is 3.09. The molecular weight excluding hydrogens is 522 g/mol. The highest BCUT2D eigenvalue weighted by atomic mass is 32.2. The van der Waals surface area contributed by atoms with Crippen molar-refractivity contribution < 1.29 is 22.7 Å². The van der Waals surface area contributed by atoms with E-state index in [0.717, 1.165) is 32.5 Å². The molecule has 0 bridgehead atoms. The van der Waals surface area contributed by atoms with E-state index in [1.807, 2.05) is 56.3 Å². The maximum absolute atomic E-state index is 13.6. The Kier molecular flexibility index (Phi) is 7.29. The van der Waals surface area contributed by atoms with Crippen molar-refractivity contribution >= 4 is 48.6 Å². The summed E-state index contributed by atoms with van der Waals surface area (Å²) < 4.78 is 34.7. The normalized spacial score (nSPS) is 15.7. The second kappa shape index (κ2) is 10.6. The molecule has 0 saturated heterocycles. The van der Waals surface area contributed by atoms with E-state index in [-0.39, 0.29) is 17.9 Å². The summed E-state index contributed by atoms with van der Waals surface area (Å²) in [6.07, 6.45) is 0.326. The smallest absolute Gasteiger partial charge is 0.308 e. The van der Waals surface area contributed by atoms with Crippen molar-refractivity contribution in [2.24, 2.45) is 0 Å². The van der Waals surface area contributed by atoms with Crippen LogP contribution in [0.3, 0.4) is 0 Å². The van der Waals surface area contributed by atoms with Gasteiger partial charge in [-0.2, -0.15) is 4.31 Å². The number of hydrogen-bond donors (Lipinski definition) is 1. The number of ether oxygens (including phenoxy) is 1. The molecule has 10 heteroatoms. The van der Waals surface area contributed by atoms with Gasteiger partial charge >= 0.3 is 5.97 Å². The maximum atomic E-state index is 13.6. The number of anilines is 1. The van der Waals surface area contributed by atoms with Crippen LogP contribution in [0.5, 0.6) is 0 Å². The number of aromatic nitrogens is 1. The molecule has 196 valence electrons. The number of nitrogens with one attached hydrogen (secondary N) is 1. The van der Waals surface area contributed by atoms with E-state index in [9.17, 15) is 18.0 Å². The van der Waals surface area contributed by atoms with Gasteiger partial charge in [0.25, 0.3) is 5.91 Å². The van der Waals surface area contributed by atoms with Gasteiger partial charge in [0, 0.05) is 6.54 Å². The molecule has 2 heterocycles. The third kappa shape index (κ3) is 5.47. The lowest BCUT2D eigenvalue weighted by Crippen LogP contribution is -2.41. The number of thiazole rings is 1. The Bertz CT molecular complexity index is 1610. The summed E-state index contributed by atoms with van der Waals surface area (Å²) in [6, 6.07) is 19.2. The molecule has 8 nitrogen and oxygen atoms in total. The Morgan fingerprint density at radius 3 is 2.58 bits per heavy atom. The summed E-state index contributed by atoms with van der Waals surface area (Å²) in [5.74, 6) is -1.17. The highest BCUT2D eigenvalue weighted by molar-refractivity contribution is 7.89. The Labute approximate surface area is 225 Å². The molecule has 1 amide bonds. The maximum Gasteiger partial charge on any atom is 0.308 e. The first kappa shape index (κ1) is 26.0. The van der Waals surface area contributed by atoms with Gasteiger partial charge in [-0.1, -0.05) is 59.4 Å². The van der Waals surface area contributed by atoms with Gasteiger partial charge in [0.15, 0.2) is 11.7 Å². The molecular formula is C28H27N3O5S2. The lowest BCUT2D eigenvalue weighted by atomic mass is 9.92. The molecule has 3 aromatic carbocycles. The van der Waals surface area contributed by atoms with Gasteiger partial charge in [0.1, 0.15) is 0 Å². The molecule has 1 atom stereocenters. The summed E-state index contributed by atoms with van der Waals surface area (Å²) in [5.41, 5.74) is 4.58. The fraction of sp³-hybridized carbons (Fsp3) is 0.250. The number of nitrogens with zero attached hydrogens (tertiary/aromatic N) is 2. The topological polar surface area (TPSA) is 106 Å². The molecule has 1 N–H and O–H groups in total. The monoisotopic (exact) mass is 549 g/mol. The number of sulfonamides is 1. The zero-order valence-corrected chi connectivity index (χ0v) is 22.6. The summed E-state index contributed by atoms with van der Waals surface area (Å²) in [6.45, 7) is 3.62. The SMILES string of the molecule is Cc1ccc(S(=O)(=O)N2CCc3ccccc3C2CC(=O)OCC(=O)Nc2nc3ccc(C)cc3s2)cc1. The van der Waals surface area contributed by atoms with Crippen LogP contribution >= 0.6 is 11.3 Å². The number of hydrogen-bond acceptors (Lipinski definition) is 7. The summed E-state index contributed by atoms with van der Waals surface area (Å²) in [4.78, 5) is 29.9. The Hall–Kier alpha value is -3.60. The molecule has 1 aromatic heterocycles. The van der Waals surface area contributed by atoms with E-state index in [1.54, 1.807) is 24.3 Å². The van der Waals surface area contributed by atoms with E-state index in [4.69, 9.17) is 4.74 Å². The molecule has 5 rings (SSSR count). The lowest BCUT2D eigenvalue weighted by Gasteiger charge is -2.36. The van der Waals surface area contributed by atoms with Crippen LogP contribution in [-0.2, 0) is 30.8 Å². The van der Waals surface area contributed by atoms with Crippen molar-refractivity contribution in [3.8, 4) is 0 Å². The molecule has 0 saturated carbocycles. The van der Waals surface area contributed by atoms with Gasteiger partial charge in [-0.3, -0.25) is 14.9 Å². The van der Waals surface area contributed by atoms with E-state index >= 15 is 0 Å². The number of esters is 1. The van der Waals surface area contributed by atoms with E-state index in [1.165, 1.54) is 15.6 Å². The van der Waals surface area contributed by atoms with Crippen LogP contribution in [0.15, 0.2) is 71.6 Å². The molecule has 38 heavy (non-hydrogen) atoms. The van der Waals surface area contributed by atoms with Crippen molar-refractivity contribution in [3.05, 3.63) is 89.0 Å². The third-order valence-corrected chi connectivity index (χ3v) is 9.36. The number of rotatable bonds is 7. The highest BCUT2D eigenvalue weighted by Gasteiger charge is 2.37. The minimum absolute atomic E-state index is 0.172. The molecule has 1 unspecified atom stereocenters. The summed E-state index contributed by atoms with van der Waals surface area (Å²) in [7, 11) is -3.86. The van der Waals surface area contributed by atoms with Gasteiger partial charge in [-0.25, -0.2) is 13.4 Å². The van der Waals surface area contributed by atoms with Crippen molar-refractivity contribution in [2.45, 2.75) is 37.6 Å². The second-order valence-electron chi connectivity index (χ2n) is 9.30. The summed E-state index contributed by atoms with van der Waals surface area (Å²) >= 11 is 1.34. The Morgan fingerprint density at radius 2 is 1.79 bits per heavy atom. The van der Waals surface area contributed by atoms with E-state index in [0.29, 0.717) is 11.6 Å². The molecule has 0 aliphatic carbocycles. The van der Waals surface area contributed by atoms with E-state index in [2.05, 4.69) is 10.3 Å². The van der Waals surface area contributed by atoms with Crippen LogP contribution in [-0.4, -0.2) is 42.7 Å². The number of fused-ring (bicyclic) bond motifs is 2. The fourth-order valence-corrected chi connectivity index (χ4v) is 7.16. The van der Waals surface area contributed by atoms with Gasteiger partial charge in [0.2, 0.25) is 10.0 Å². The largest absolute Gasteiger partial charge is 0.456 e. The van der Waals surface area contributed by atoms with Crippen LogP contribution in [0.25, 0.3) is 10.2 Å². The standard InChI is InChI=1S/C28H27N3O5S2/c1-18-7-10-21(11-8-18)38(34,35)31-14-13-20-5-3-4-6-22(20)24(31)16-27(33)36-17-26(32)30-28-29-23-12-9-19(2)15-25(23)37-28/h3-12,15,24H,13-14,16-17H2,1-2H3,(H,29,30,32). The predicted octanol–water partition coefficient (Wildman–Crippen LogP) is 4.77. The van der Waals surface area contributed by atoms with Gasteiger partial charge in [-0.15, -0.1) is 0 Å².